The Labute approximate surface area is 115 Å². The first kappa shape index (κ1) is 15.3. The van der Waals surface area contributed by atoms with E-state index in [9.17, 15) is 4.79 Å². The van der Waals surface area contributed by atoms with Crippen LogP contribution in [-0.4, -0.2) is 12.5 Å². The highest BCUT2D eigenvalue weighted by Gasteiger charge is 2.08. The third kappa shape index (κ3) is 5.15. The van der Waals surface area contributed by atoms with Crippen molar-refractivity contribution in [1.29, 1.82) is 0 Å². The Hall–Kier alpha value is -1.79. The molecule has 1 unspecified atom stereocenters. The number of carbonyl (C=O) groups excluding carboxylic acids is 1. The van der Waals surface area contributed by atoms with Gasteiger partial charge in [0, 0.05) is 17.7 Å². The SMILES string of the molecule is CCC(C)CC(=O)Nc1ccc(C)c(C#CCN)c1. The molecule has 0 spiro atoms. The van der Waals surface area contributed by atoms with E-state index in [1.165, 1.54) is 0 Å². The van der Waals surface area contributed by atoms with Crippen molar-refractivity contribution in [3.63, 3.8) is 0 Å². The smallest absolute Gasteiger partial charge is 0.224 e. The average molecular weight is 258 g/mol. The molecule has 1 rings (SSSR count). The van der Waals surface area contributed by atoms with Gasteiger partial charge >= 0.3 is 0 Å². The van der Waals surface area contributed by atoms with Gasteiger partial charge in [0.1, 0.15) is 0 Å². The first-order valence-corrected chi connectivity index (χ1v) is 6.66. The van der Waals surface area contributed by atoms with Crippen LogP contribution in [0.3, 0.4) is 0 Å². The van der Waals surface area contributed by atoms with Crippen molar-refractivity contribution in [2.75, 3.05) is 11.9 Å². The van der Waals surface area contributed by atoms with Gasteiger partial charge in [-0.25, -0.2) is 0 Å². The molecule has 0 aliphatic carbocycles. The molecule has 1 amide bonds. The Kier molecular flexibility index (Phi) is 6.11. The van der Waals surface area contributed by atoms with Gasteiger partial charge in [0.05, 0.1) is 6.54 Å². The van der Waals surface area contributed by atoms with Crippen molar-refractivity contribution >= 4 is 11.6 Å². The lowest BCUT2D eigenvalue weighted by Crippen LogP contribution is -2.14. The zero-order chi connectivity index (χ0) is 14.3. The molecule has 0 saturated heterocycles. The van der Waals surface area contributed by atoms with Crippen LogP contribution >= 0.6 is 0 Å². The second-order valence-corrected chi connectivity index (χ2v) is 4.80. The van der Waals surface area contributed by atoms with Crippen molar-refractivity contribution < 1.29 is 4.79 Å². The highest BCUT2D eigenvalue weighted by Crippen LogP contribution is 2.16. The number of aryl methyl sites for hydroxylation is 1. The Bertz CT molecular complexity index is 497. The summed E-state index contributed by atoms with van der Waals surface area (Å²) in [5, 5.41) is 2.91. The van der Waals surface area contributed by atoms with Gasteiger partial charge in [-0.2, -0.15) is 0 Å². The van der Waals surface area contributed by atoms with Crippen molar-refractivity contribution in [1.82, 2.24) is 0 Å². The predicted octanol–water partition coefficient (Wildman–Crippen LogP) is 2.68. The number of carbonyl (C=O) groups is 1. The maximum absolute atomic E-state index is 11.8. The minimum atomic E-state index is 0.0518. The standard InChI is InChI=1S/C16H22N2O/c1-4-12(2)10-16(19)18-15-8-7-13(3)14(11-15)6-5-9-17/h7-8,11-12H,4,9-10,17H2,1-3H3,(H,18,19). The van der Waals surface area contributed by atoms with Crippen LogP contribution in [-0.2, 0) is 4.79 Å². The maximum atomic E-state index is 11.8. The van der Waals surface area contributed by atoms with Crippen LogP contribution in [0.2, 0.25) is 0 Å². The molecule has 0 aliphatic heterocycles. The zero-order valence-corrected chi connectivity index (χ0v) is 11.9. The first-order valence-electron chi connectivity index (χ1n) is 6.66. The van der Waals surface area contributed by atoms with Gasteiger partial charge in [-0.3, -0.25) is 4.79 Å². The molecule has 3 N–H and O–H groups in total. The fourth-order valence-electron chi connectivity index (χ4n) is 1.65. The molecule has 3 nitrogen and oxygen atoms in total. The Morgan fingerprint density at radius 2 is 2.21 bits per heavy atom. The number of hydrogen-bond donors (Lipinski definition) is 2. The van der Waals surface area contributed by atoms with E-state index in [0.29, 0.717) is 18.9 Å². The first-order chi connectivity index (χ1) is 9.06. The Balaban J connectivity index is 2.77. The summed E-state index contributed by atoms with van der Waals surface area (Å²) in [7, 11) is 0. The molecule has 1 aromatic rings. The normalized spacial score (nSPS) is 11.4. The maximum Gasteiger partial charge on any atom is 0.224 e. The zero-order valence-electron chi connectivity index (χ0n) is 11.9. The lowest BCUT2D eigenvalue weighted by molar-refractivity contribution is -0.117. The second kappa shape index (κ2) is 7.60. The van der Waals surface area contributed by atoms with Gasteiger partial charge in [0.15, 0.2) is 0 Å². The van der Waals surface area contributed by atoms with Crippen molar-refractivity contribution in [2.24, 2.45) is 11.7 Å². The molecule has 0 radical (unpaired) electrons. The summed E-state index contributed by atoms with van der Waals surface area (Å²) >= 11 is 0. The lowest BCUT2D eigenvalue weighted by Gasteiger charge is -2.10. The second-order valence-electron chi connectivity index (χ2n) is 4.80. The molecule has 0 saturated carbocycles. The van der Waals surface area contributed by atoms with Crippen LogP contribution in [0.15, 0.2) is 18.2 Å². The Morgan fingerprint density at radius 1 is 1.47 bits per heavy atom. The molecule has 0 aromatic heterocycles. The fourth-order valence-corrected chi connectivity index (χ4v) is 1.65. The summed E-state index contributed by atoms with van der Waals surface area (Å²) in [5.74, 6) is 6.30. The monoisotopic (exact) mass is 258 g/mol. The summed E-state index contributed by atoms with van der Waals surface area (Å²) in [6.07, 6.45) is 1.56. The molecule has 1 atom stereocenters. The van der Waals surface area contributed by atoms with Crippen LogP contribution in [0.25, 0.3) is 0 Å². The van der Waals surface area contributed by atoms with Crippen molar-refractivity contribution in [2.45, 2.75) is 33.6 Å². The van der Waals surface area contributed by atoms with Crippen molar-refractivity contribution in [3.8, 4) is 11.8 Å². The number of anilines is 1. The van der Waals surface area contributed by atoms with E-state index in [1.54, 1.807) is 0 Å². The van der Waals surface area contributed by atoms with Crippen LogP contribution < -0.4 is 11.1 Å². The molecule has 0 bridgehead atoms. The van der Waals surface area contributed by atoms with E-state index in [4.69, 9.17) is 5.73 Å². The minimum Gasteiger partial charge on any atom is -0.326 e. The average Bonchev–Trinajstić information content (AvgIpc) is 2.39. The molecule has 19 heavy (non-hydrogen) atoms. The van der Waals surface area contributed by atoms with E-state index >= 15 is 0 Å². The number of nitrogens with one attached hydrogen (secondary N) is 1. The van der Waals surface area contributed by atoms with Crippen LogP contribution in [0.1, 0.15) is 37.8 Å². The van der Waals surface area contributed by atoms with Gasteiger partial charge in [0.2, 0.25) is 5.91 Å². The third-order valence-electron chi connectivity index (χ3n) is 3.08. The number of benzene rings is 1. The minimum absolute atomic E-state index is 0.0518. The molecule has 0 heterocycles. The third-order valence-corrected chi connectivity index (χ3v) is 3.08. The van der Waals surface area contributed by atoms with Gasteiger partial charge in [0.25, 0.3) is 0 Å². The van der Waals surface area contributed by atoms with E-state index in [-0.39, 0.29) is 5.91 Å². The lowest BCUT2D eigenvalue weighted by atomic mass is 10.0. The molecule has 102 valence electrons. The summed E-state index contributed by atoms with van der Waals surface area (Å²) in [5.41, 5.74) is 8.16. The Morgan fingerprint density at radius 3 is 2.84 bits per heavy atom. The van der Waals surface area contributed by atoms with E-state index in [1.807, 2.05) is 25.1 Å². The van der Waals surface area contributed by atoms with Crippen LogP contribution in [0.5, 0.6) is 0 Å². The molecule has 0 aliphatic rings. The highest BCUT2D eigenvalue weighted by atomic mass is 16.1. The largest absolute Gasteiger partial charge is 0.326 e. The van der Waals surface area contributed by atoms with Crippen LogP contribution in [0, 0.1) is 24.7 Å². The number of hydrogen-bond acceptors (Lipinski definition) is 2. The highest BCUT2D eigenvalue weighted by molar-refractivity contribution is 5.91. The number of rotatable bonds is 4. The van der Waals surface area contributed by atoms with E-state index < -0.39 is 0 Å². The van der Waals surface area contributed by atoms with E-state index in [0.717, 1.165) is 23.2 Å². The number of amides is 1. The predicted molar refractivity (Wildman–Crippen MR) is 79.8 cm³/mol. The quantitative estimate of drug-likeness (QED) is 0.816. The van der Waals surface area contributed by atoms with Crippen molar-refractivity contribution in [3.05, 3.63) is 29.3 Å². The molecular weight excluding hydrogens is 236 g/mol. The van der Waals surface area contributed by atoms with Gasteiger partial charge in [-0.15, -0.1) is 0 Å². The summed E-state index contributed by atoms with van der Waals surface area (Å²) in [4.78, 5) is 11.8. The molecule has 3 heteroatoms. The van der Waals surface area contributed by atoms with Gasteiger partial charge in [-0.05, 0) is 30.5 Å². The van der Waals surface area contributed by atoms with E-state index in [2.05, 4.69) is 31.0 Å². The summed E-state index contributed by atoms with van der Waals surface area (Å²) in [6.45, 7) is 6.49. The summed E-state index contributed by atoms with van der Waals surface area (Å²) in [6, 6.07) is 5.75. The molecule has 0 fully saturated rings. The number of nitrogens with two attached hydrogens (primary N) is 1. The fraction of sp³-hybridized carbons (Fsp3) is 0.438. The van der Waals surface area contributed by atoms with Gasteiger partial charge < -0.3 is 11.1 Å². The van der Waals surface area contributed by atoms with Crippen LogP contribution in [0.4, 0.5) is 5.69 Å². The molecule has 1 aromatic carbocycles. The van der Waals surface area contributed by atoms with Gasteiger partial charge in [-0.1, -0.05) is 38.2 Å². The molecular formula is C16H22N2O. The summed E-state index contributed by atoms with van der Waals surface area (Å²) < 4.78 is 0. The topological polar surface area (TPSA) is 55.1 Å².